The number of non-ortho nitro benzene ring substituents is 1. The minimum absolute atomic E-state index is 0.132. The second-order valence-electron chi connectivity index (χ2n) is 8.02. The molecular formula is C24H20F3N5O7S. The van der Waals surface area contributed by atoms with Gasteiger partial charge in [0.05, 0.1) is 15.4 Å². The number of halogens is 3. The predicted octanol–water partition coefficient (Wildman–Crippen LogP) is 3.00. The lowest BCUT2D eigenvalue weighted by Crippen LogP contribution is -2.42. The van der Waals surface area contributed by atoms with Crippen molar-refractivity contribution in [1.29, 1.82) is 0 Å². The monoisotopic (exact) mass is 579 g/mol. The molecule has 210 valence electrons. The predicted molar refractivity (Wildman–Crippen MR) is 134 cm³/mol. The maximum absolute atomic E-state index is 12.9. The lowest BCUT2D eigenvalue weighted by Gasteiger charge is -2.12. The maximum Gasteiger partial charge on any atom is 0.416 e. The Bertz CT molecular complexity index is 1540. The molecule has 0 atom stereocenters. The van der Waals surface area contributed by atoms with E-state index in [9.17, 15) is 46.1 Å². The summed E-state index contributed by atoms with van der Waals surface area (Å²) in [5, 5.41) is 13.1. The quantitative estimate of drug-likeness (QED) is 0.222. The van der Waals surface area contributed by atoms with Gasteiger partial charge < -0.3 is 5.32 Å². The summed E-state index contributed by atoms with van der Waals surface area (Å²) in [4.78, 5) is 46.1. The normalized spacial score (nSPS) is 11.3. The molecule has 3 aromatic rings. The zero-order valence-electron chi connectivity index (χ0n) is 20.2. The van der Waals surface area contributed by atoms with Gasteiger partial charge >= 0.3 is 6.18 Å². The number of amides is 3. The van der Waals surface area contributed by atoms with Gasteiger partial charge in [-0.2, -0.15) is 13.2 Å². The summed E-state index contributed by atoms with van der Waals surface area (Å²) in [7, 11) is -4.37. The molecule has 16 heteroatoms. The Labute approximate surface area is 224 Å². The number of benzene rings is 3. The third kappa shape index (κ3) is 8.00. The van der Waals surface area contributed by atoms with Crippen molar-refractivity contribution < 1.29 is 40.9 Å². The van der Waals surface area contributed by atoms with E-state index in [1.165, 1.54) is 24.3 Å². The van der Waals surface area contributed by atoms with E-state index in [2.05, 4.69) is 16.2 Å². The zero-order chi connectivity index (χ0) is 29.5. The van der Waals surface area contributed by atoms with Crippen molar-refractivity contribution in [3.8, 4) is 0 Å². The summed E-state index contributed by atoms with van der Waals surface area (Å²) in [5.41, 5.74) is 2.55. The molecule has 4 N–H and O–H groups in total. The van der Waals surface area contributed by atoms with Crippen LogP contribution in [0.15, 0.2) is 77.7 Å². The third-order valence-electron chi connectivity index (χ3n) is 5.14. The number of rotatable bonds is 9. The highest BCUT2D eigenvalue weighted by Gasteiger charge is 2.30. The minimum Gasteiger partial charge on any atom is -0.352 e. The topological polar surface area (TPSA) is 177 Å². The summed E-state index contributed by atoms with van der Waals surface area (Å²) in [6, 6.07) is 12.9. The number of sulfonamides is 1. The molecule has 0 spiro atoms. The van der Waals surface area contributed by atoms with Crippen molar-refractivity contribution >= 4 is 39.1 Å². The van der Waals surface area contributed by atoms with Crippen molar-refractivity contribution in [2.24, 2.45) is 0 Å². The molecule has 0 aliphatic carbocycles. The molecule has 0 bridgehead atoms. The van der Waals surface area contributed by atoms with Crippen LogP contribution in [-0.4, -0.2) is 37.6 Å². The number of alkyl halides is 3. The molecule has 0 radical (unpaired) electrons. The van der Waals surface area contributed by atoms with E-state index >= 15 is 0 Å². The van der Waals surface area contributed by atoms with E-state index in [4.69, 9.17) is 0 Å². The number of nitrogens with zero attached hydrogens (tertiary/aromatic N) is 1. The van der Waals surface area contributed by atoms with Crippen LogP contribution in [0.3, 0.4) is 0 Å². The fraction of sp³-hybridized carbons (Fsp3) is 0.125. The number of carbonyl (C=O) groups is 3. The zero-order valence-corrected chi connectivity index (χ0v) is 21.0. The van der Waals surface area contributed by atoms with Gasteiger partial charge in [0.1, 0.15) is 0 Å². The van der Waals surface area contributed by atoms with Crippen LogP contribution in [-0.2, 0) is 21.0 Å². The molecule has 12 nitrogen and oxygen atoms in total. The highest BCUT2D eigenvalue weighted by molar-refractivity contribution is 7.92. The van der Waals surface area contributed by atoms with Gasteiger partial charge in [-0.15, -0.1) is 0 Å². The van der Waals surface area contributed by atoms with Gasteiger partial charge in [0.25, 0.3) is 27.5 Å². The smallest absolute Gasteiger partial charge is 0.352 e. The standard InChI is InChI=1S/C24H20F3N5O7S/c25-24(26,27)17-4-2-5-18(14-17)31-40(38,39)20-6-1-3-16(13-20)23(35)30-29-21(33)11-12-28-22(34)15-7-9-19(10-8-15)32(36)37/h1-10,13-14,31H,11-12H2,(H,28,34)(H,29,33)(H,30,35). The largest absolute Gasteiger partial charge is 0.416 e. The van der Waals surface area contributed by atoms with E-state index in [0.717, 1.165) is 42.5 Å². The molecule has 0 aliphatic rings. The molecule has 0 fully saturated rings. The van der Waals surface area contributed by atoms with Crippen molar-refractivity contribution in [2.75, 3.05) is 11.3 Å². The molecule has 0 saturated carbocycles. The SMILES string of the molecule is O=C(CCNC(=O)c1ccc([N+](=O)[O-])cc1)NNC(=O)c1cccc(S(=O)(=O)Nc2cccc(C(F)(F)F)c2)c1. The van der Waals surface area contributed by atoms with Crippen LogP contribution in [0.25, 0.3) is 0 Å². The average Bonchev–Trinajstić information content (AvgIpc) is 2.91. The van der Waals surface area contributed by atoms with Crippen LogP contribution in [0.4, 0.5) is 24.5 Å². The number of anilines is 1. The summed E-state index contributed by atoms with van der Waals surface area (Å²) < 4.78 is 66.1. The van der Waals surface area contributed by atoms with Gasteiger partial charge in [0.2, 0.25) is 5.91 Å². The van der Waals surface area contributed by atoms with E-state index in [0.29, 0.717) is 6.07 Å². The van der Waals surface area contributed by atoms with Crippen LogP contribution in [0.2, 0.25) is 0 Å². The summed E-state index contributed by atoms with van der Waals surface area (Å²) in [5.74, 6) is -2.17. The third-order valence-corrected chi connectivity index (χ3v) is 6.52. The Hall–Kier alpha value is -4.99. The number of hydrazine groups is 1. The number of nitro groups is 1. The Morgan fingerprint density at radius 1 is 0.850 bits per heavy atom. The lowest BCUT2D eigenvalue weighted by atomic mass is 10.2. The van der Waals surface area contributed by atoms with Crippen LogP contribution < -0.4 is 20.9 Å². The fourth-order valence-corrected chi connectivity index (χ4v) is 4.26. The molecule has 3 rings (SSSR count). The molecule has 40 heavy (non-hydrogen) atoms. The fourth-order valence-electron chi connectivity index (χ4n) is 3.16. The van der Waals surface area contributed by atoms with E-state index in [1.807, 2.05) is 4.72 Å². The maximum atomic E-state index is 12.9. The lowest BCUT2D eigenvalue weighted by molar-refractivity contribution is -0.384. The van der Waals surface area contributed by atoms with Gasteiger partial charge in [-0.3, -0.25) is 40.1 Å². The molecule has 3 amide bonds. The first-order valence-corrected chi connectivity index (χ1v) is 12.7. The summed E-state index contributed by atoms with van der Waals surface area (Å²) in [6.45, 7) is -0.132. The van der Waals surface area contributed by atoms with Gasteiger partial charge in [0, 0.05) is 41.9 Å². The van der Waals surface area contributed by atoms with Gasteiger partial charge in [0.15, 0.2) is 0 Å². The second kappa shape index (κ2) is 12.2. The molecule has 0 unspecified atom stereocenters. The Morgan fingerprint density at radius 2 is 1.52 bits per heavy atom. The Kier molecular flexibility index (Phi) is 9.05. The molecule has 3 aromatic carbocycles. The summed E-state index contributed by atoms with van der Waals surface area (Å²) >= 11 is 0. The number of carbonyl (C=O) groups excluding carboxylic acids is 3. The molecule has 0 heterocycles. The minimum atomic E-state index is -4.68. The first-order valence-electron chi connectivity index (χ1n) is 11.2. The molecule has 0 aromatic heterocycles. The van der Waals surface area contributed by atoms with Crippen LogP contribution in [0.5, 0.6) is 0 Å². The highest BCUT2D eigenvalue weighted by Crippen LogP contribution is 2.31. The number of nitro benzene ring substituents is 1. The average molecular weight is 580 g/mol. The van der Waals surface area contributed by atoms with Crippen molar-refractivity contribution in [1.82, 2.24) is 16.2 Å². The van der Waals surface area contributed by atoms with Gasteiger partial charge in [-0.1, -0.05) is 12.1 Å². The highest BCUT2D eigenvalue weighted by atomic mass is 32.2. The van der Waals surface area contributed by atoms with Crippen LogP contribution in [0.1, 0.15) is 32.7 Å². The van der Waals surface area contributed by atoms with Crippen molar-refractivity contribution in [3.05, 3.63) is 99.6 Å². The first kappa shape index (κ1) is 29.6. The van der Waals surface area contributed by atoms with E-state index in [1.54, 1.807) is 0 Å². The number of nitrogens with one attached hydrogen (secondary N) is 4. The Balaban J connectivity index is 1.52. The first-order chi connectivity index (χ1) is 18.8. The van der Waals surface area contributed by atoms with Crippen LogP contribution in [0, 0.1) is 10.1 Å². The Morgan fingerprint density at radius 3 is 2.17 bits per heavy atom. The molecule has 0 aliphatic heterocycles. The number of hydrogen-bond donors (Lipinski definition) is 4. The molecule has 0 saturated heterocycles. The molecular weight excluding hydrogens is 559 g/mol. The van der Waals surface area contributed by atoms with Gasteiger partial charge in [-0.25, -0.2) is 8.42 Å². The van der Waals surface area contributed by atoms with Gasteiger partial charge in [-0.05, 0) is 48.5 Å². The second-order valence-corrected chi connectivity index (χ2v) is 9.71. The van der Waals surface area contributed by atoms with Crippen molar-refractivity contribution in [2.45, 2.75) is 17.5 Å². The number of hydrogen-bond acceptors (Lipinski definition) is 7. The summed E-state index contributed by atoms with van der Waals surface area (Å²) in [6.07, 6.45) is -4.93. The van der Waals surface area contributed by atoms with Crippen LogP contribution >= 0.6 is 0 Å². The van der Waals surface area contributed by atoms with Crippen molar-refractivity contribution in [3.63, 3.8) is 0 Å². The van der Waals surface area contributed by atoms with E-state index < -0.39 is 49.3 Å². The van der Waals surface area contributed by atoms with E-state index in [-0.39, 0.29) is 35.5 Å².